The van der Waals surface area contributed by atoms with E-state index in [2.05, 4.69) is 10.5 Å². The fraction of sp³-hybridized carbons (Fsp3) is 0.0357. The van der Waals surface area contributed by atoms with Gasteiger partial charge in [0.25, 0.3) is 5.91 Å². The molecule has 6 nitrogen and oxygen atoms in total. The molecule has 4 rings (SSSR count). The maximum Gasteiger partial charge on any atom is 0.345 e. The van der Waals surface area contributed by atoms with Crippen LogP contribution in [0.15, 0.2) is 108 Å². The van der Waals surface area contributed by atoms with Gasteiger partial charge in [-0.15, -0.1) is 0 Å². The van der Waals surface area contributed by atoms with Gasteiger partial charge in [0, 0.05) is 0 Å². The fourth-order valence-corrected chi connectivity index (χ4v) is 3.36. The van der Waals surface area contributed by atoms with E-state index in [-0.39, 0.29) is 12.2 Å². The number of carbonyl (C=O) groups is 2. The lowest BCUT2D eigenvalue weighted by Crippen LogP contribution is -2.24. The number of carbonyl (C=O) groups excluding carboxylic acids is 2. The van der Waals surface area contributed by atoms with E-state index in [0.717, 1.165) is 11.1 Å². The van der Waals surface area contributed by atoms with Crippen LogP contribution in [0.2, 0.25) is 5.02 Å². The summed E-state index contributed by atoms with van der Waals surface area (Å²) in [6.45, 7) is -0.168. The Kier molecular flexibility index (Phi) is 7.88. The average molecular weight is 485 g/mol. The highest BCUT2D eigenvalue weighted by Gasteiger charge is 2.12. The number of nitrogens with one attached hydrogen (secondary N) is 1. The van der Waals surface area contributed by atoms with Gasteiger partial charge in [-0.3, -0.25) is 4.79 Å². The number of ether oxygens (including phenoxy) is 2. The zero-order valence-corrected chi connectivity index (χ0v) is 19.3. The maximum absolute atomic E-state index is 12.2. The van der Waals surface area contributed by atoms with Gasteiger partial charge in [0.1, 0.15) is 11.5 Å². The van der Waals surface area contributed by atoms with E-state index in [0.29, 0.717) is 22.1 Å². The highest BCUT2D eigenvalue weighted by Crippen LogP contribution is 2.22. The number of halogens is 1. The molecule has 0 saturated heterocycles. The van der Waals surface area contributed by atoms with Gasteiger partial charge in [0.2, 0.25) is 0 Å². The summed E-state index contributed by atoms with van der Waals surface area (Å²) in [5, 5.41) is 4.25. The highest BCUT2D eigenvalue weighted by molar-refractivity contribution is 6.33. The molecule has 0 unspecified atom stereocenters. The molecule has 0 heterocycles. The second-order valence-corrected chi connectivity index (χ2v) is 7.82. The third-order valence-corrected chi connectivity index (χ3v) is 5.25. The van der Waals surface area contributed by atoms with Crippen LogP contribution in [0, 0.1) is 0 Å². The number of amides is 1. The van der Waals surface area contributed by atoms with Crippen molar-refractivity contribution in [3.63, 3.8) is 0 Å². The van der Waals surface area contributed by atoms with E-state index in [1.807, 2.05) is 54.6 Å². The molecule has 0 radical (unpaired) electrons. The van der Waals surface area contributed by atoms with Crippen molar-refractivity contribution in [1.29, 1.82) is 0 Å². The molecular formula is C28H21ClN2O4. The Morgan fingerprint density at radius 3 is 2.11 bits per heavy atom. The SMILES string of the molecule is O=C(COc1ccc(-c2ccccc2)cc1)N/N=C\c1ccc(OC(=O)c2ccccc2Cl)cc1. The Labute approximate surface area is 207 Å². The van der Waals surface area contributed by atoms with Crippen molar-refractivity contribution in [2.24, 2.45) is 5.10 Å². The summed E-state index contributed by atoms with van der Waals surface area (Å²) in [5.74, 6) is 0.0196. The molecule has 4 aromatic carbocycles. The third kappa shape index (κ3) is 6.79. The van der Waals surface area contributed by atoms with Gasteiger partial charge in [-0.25, -0.2) is 10.2 Å². The van der Waals surface area contributed by atoms with Crippen LogP contribution in [0.1, 0.15) is 15.9 Å². The Balaban J connectivity index is 1.23. The minimum atomic E-state index is -0.543. The Morgan fingerprint density at radius 2 is 1.40 bits per heavy atom. The van der Waals surface area contributed by atoms with Crippen molar-refractivity contribution >= 4 is 29.7 Å². The van der Waals surface area contributed by atoms with Crippen LogP contribution in [0.3, 0.4) is 0 Å². The van der Waals surface area contributed by atoms with Gasteiger partial charge < -0.3 is 9.47 Å². The van der Waals surface area contributed by atoms with Gasteiger partial charge in [0.05, 0.1) is 16.8 Å². The molecule has 0 aliphatic rings. The Morgan fingerprint density at radius 1 is 0.771 bits per heavy atom. The summed E-state index contributed by atoms with van der Waals surface area (Å²) in [6.07, 6.45) is 1.48. The van der Waals surface area contributed by atoms with Crippen LogP contribution >= 0.6 is 11.6 Å². The molecule has 174 valence electrons. The van der Waals surface area contributed by atoms with E-state index >= 15 is 0 Å². The number of hydrogen-bond acceptors (Lipinski definition) is 5. The lowest BCUT2D eigenvalue weighted by atomic mass is 10.1. The normalized spacial score (nSPS) is 10.7. The van der Waals surface area contributed by atoms with Crippen molar-refractivity contribution in [1.82, 2.24) is 5.43 Å². The van der Waals surface area contributed by atoms with E-state index in [1.54, 1.807) is 48.5 Å². The largest absolute Gasteiger partial charge is 0.484 e. The van der Waals surface area contributed by atoms with Gasteiger partial charge in [0.15, 0.2) is 6.61 Å². The first kappa shape index (κ1) is 23.7. The minimum Gasteiger partial charge on any atom is -0.484 e. The minimum absolute atomic E-state index is 0.168. The van der Waals surface area contributed by atoms with Crippen LogP contribution in [-0.2, 0) is 4.79 Å². The molecule has 4 aromatic rings. The summed E-state index contributed by atoms with van der Waals surface area (Å²) in [4.78, 5) is 24.2. The average Bonchev–Trinajstić information content (AvgIpc) is 2.89. The molecule has 0 aromatic heterocycles. The lowest BCUT2D eigenvalue weighted by Gasteiger charge is -2.07. The molecule has 0 atom stereocenters. The molecule has 1 amide bonds. The van der Waals surface area contributed by atoms with Crippen molar-refractivity contribution in [2.45, 2.75) is 0 Å². The molecule has 0 spiro atoms. The van der Waals surface area contributed by atoms with Gasteiger partial charge in [-0.1, -0.05) is 66.2 Å². The predicted molar refractivity (Wildman–Crippen MR) is 136 cm³/mol. The van der Waals surface area contributed by atoms with Crippen molar-refractivity contribution < 1.29 is 19.1 Å². The fourth-order valence-electron chi connectivity index (χ4n) is 3.14. The second kappa shape index (κ2) is 11.6. The van der Waals surface area contributed by atoms with Gasteiger partial charge in [-0.05, 0) is 65.2 Å². The predicted octanol–water partition coefficient (Wildman–Crippen LogP) is 5.76. The molecule has 0 saturated carbocycles. The van der Waals surface area contributed by atoms with Crippen LogP contribution in [-0.4, -0.2) is 24.7 Å². The number of hydrazone groups is 1. The third-order valence-electron chi connectivity index (χ3n) is 4.92. The molecule has 1 N–H and O–H groups in total. The van der Waals surface area contributed by atoms with E-state index in [1.165, 1.54) is 6.21 Å². The van der Waals surface area contributed by atoms with Crippen LogP contribution < -0.4 is 14.9 Å². The summed E-state index contributed by atoms with van der Waals surface area (Å²) < 4.78 is 10.8. The quantitative estimate of drug-likeness (QED) is 0.149. The van der Waals surface area contributed by atoms with E-state index < -0.39 is 11.9 Å². The molecular weight excluding hydrogens is 464 g/mol. The molecule has 0 aliphatic carbocycles. The van der Waals surface area contributed by atoms with Gasteiger partial charge in [-0.2, -0.15) is 5.10 Å². The molecule has 7 heteroatoms. The molecule has 0 aliphatic heterocycles. The highest BCUT2D eigenvalue weighted by atomic mass is 35.5. The Bertz CT molecular complexity index is 1320. The monoisotopic (exact) mass is 484 g/mol. The van der Waals surface area contributed by atoms with Crippen molar-refractivity contribution in [3.8, 4) is 22.6 Å². The molecule has 0 fully saturated rings. The molecule has 0 bridgehead atoms. The number of hydrogen-bond donors (Lipinski definition) is 1. The maximum atomic E-state index is 12.2. The lowest BCUT2D eigenvalue weighted by molar-refractivity contribution is -0.123. The second-order valence-electron chi connectivity index (χ2n) is 7.41. The summed E-state index contributed by atoms with van der Waals surface area (Å²) in [6, 6.07) is 30.8. The number of rotatable bonds is 8. The topological polar surface area (TPSA) is 77.0 Å². The van der Waals surface area contributed by atoms with E-state index in [9.17, 15) is 9.59 Å². The number of benzene rings is 4. The van der Waals surface area contributed by atoms with Crippen LogP contribution in [0.25, 0.3) is 11.1 Å². The molecule has 35 heavy (non-hydrogen) atoms. The van der Waals surface area contributed by atoms with Crippen molar-refractivity contribution in [3.05, 3.63) is 119 Å². The first-order chi connectivity index (χ1) is 17.1. The first-order valence-corrected chi connectivity index (χ1v) is 11.1. The van der Waals surface area contributed by atoms with Crippen molar-refractivity contribution in [2.75, 3.05) is 6.61 Å². The Hall–Kier alpha value is -4.42. The number of nitrogens with zero attached hydrogens (tertiary/aromatic N) is 1. The van der Waals surface area contributed by atoms with Gasteiger partial charge >= 0.3 is 5.97 Å². The summed E-state index contributed by atoms with van der Waals surface area (Å²) in [7, 11) is 0. The summed E-state index contributed by atoms with van der Waals surface area (Å²) in [5.41, 5.74) is 5.59. The van der Waals surface area contributed by atoms with E-state index in [4.69, 9.17) is 21.1 Å². The number of esters is 1. The standard InChI is InChI=1S/C28H21ClN2O4/c29-26-9-5-4-8-25(26)28(33)35-24-14-10-20(11-15-24)18-30-31-27(32)19-34-23-16-12-22(13-17-23)21-6-2-1-3-7-21/h1-18H,19H2,(H,31,32)/b30-18-. The smallest absolute Gasteiger partial charge is 0.345 e. The van der Waals surface area contributed by atoms with Crippen LogP contribution in [0.4, 0.5) is 0 Å². The van der Waals surface area contributed by atoms with Crippen LogP contribution in [0.5, 0.6) is 11.5 Å². The summed E-state index contributed by atoms with van der Waals surface area (Å²) >= 11 is 6.02. The zero-order valence-electron chi connectivity index (χ0n) is 18.6. The first-order valence-electron chi connectivity index (χ1n) is 10.8. The zero-order chi connectivity index (χ0) is 24.5.